The molecule has 0 fully saturated rings. The van der Waals surface area contributed by atoms with E-state index < -0.39 is 0 Å². The number of rotatable bonds is 7. The van der Waals surface area contributed by atoms with E-state index >= 15 is 0 Å². The first-order chi connectivity index (χ1) is 12.7. The van der Waals surface area contributed by atoms with Gasteiger partial charge in [0.2, 0.25) is 11.8 Å². The highest BCUT2D eigenvalue weighted by molar-refractivity contribution is 7.99. The largest absolute Gasteiger partial charge is 0.411 e. The molecule has 0 unspecified atom stereocenters. The third-order valence-electron chi connectivity index (χ3n) is 4.13. The molecule has 1 atom stereocenters. The lowest BCUT2D eigenvalue weighted by Crippen LogP contribution is -2.14. The van der Waals surface area contributed by atoms with Crippen LogP contribution in [-0.4, -0.2) is 21.9 Å². The van der Waals surface area contributed by atoms with Crippen molar-refractivity contribution >= 4 is 23.4 Å². The molecule has 0 spiro atoms. The summed E-state index contributed by atoms with van der Waals surface area (Å²) in [6.07, 6.45) is 1.09. The van der Waals surface area contributed by atoms with Crippen molar-refractivity contribution in [3.63, 3.8) is 0 Å². The van der Waals surface area contributed by atoms with Gasteiger partial charge in [-0.15, -0.1) is 10.2 Å². The van der Waals surface area contributed by atoms with Gasteiger partial charge in [-0.05, 0) is 42.2 Å². The molecular formula is C20H21N3O2S. The molecule has 5 nitrogen and oxygen atoms in total. The second-order valence-electron chi connectivity index (χ2n) is 6.01. The van der Waals surface area contributed by atoms with E-state index in [1.54, 1.807) is 0 Å². The molecule has 2 aromatic carbocycles. The SMILES string of the molecule is CC[C@@H](C)c1ccc(NC(=O)CSc2nnc(-c3ccccc3)o2)cc1. The van der Waals surface area contributed by atoms with Gasteiger partial charge in [-0.3, -0.25) is 4.79 Å². The molecule has 134 valence electrons. The van der Waals surface area contributed by atoms with Gasteiger partial charge in [0.25, 0.3) is 5.22 Å². The average molecular weight is 367 g/mol. The Morgan fingerprint density at radius 1 is 1.12 bits per heavy atom. The predicted molar refractivity (Wildman–Crippen MR) is 104 cm³/mol. The Kier molecular flexibility index (Phi) is 6.07. The second-order valence-corrected chi connectivity index (χ2v) is 6.93. The summed E-state index contributed by atoms with van der Waals surface area (Å²) >= 11 is 1.22. The standard InChI is InChI=1S/C20H21N3O2S/c1-3-14(2)15-9-11-17(12-10-15)21-18(24)13-26-20-23-22-19(25-20)16-7-5-4-6-8-16/h4-12,14H,3,13H2,1-2H3,(H,21,24)/t14-/m1/s1. The number of carbonyl (C=O) groups excluding carboxylic acids is 1. The maximum Gasteiger partial charge on any atom is 0.277 e. The number of thioether (sulfide) groups is 1. The maximum absolute atomic E-state index is 12.1. The van der Waals surface area contributed by atoms with Crippen LogP contribution in [0.3, 0.4) is 0 Å². The van der Waals surface area contributed by atoms with Crippen molar-refractivity contribution in [1.82, 2.24) is 10.2 Å². The van der Waals surface area contributed by atoms with Crippen LogP contribution >= 0.6 is 11.8 Å². The Morgan fingerprint density at radius 3 is 2.54 bits per heavy atom. The van der Waals surface area contributed by atoms with Crippen LogP contribution in [0.5, 0.6) is 0 Å². The summed E-state index contributed by atoms with van der Waals surface area (Å²) in [6.45, 7) is 4.36. The Bertz CT molecular complexity index is 847. The fraction of sp³-hybridized carbons (Fsp3) is 0.250. The van der Waals surface area contributed by atoms with E-state index in [1.807, 2.05) is 42.5 Å². The number of amides is 1. The number of nitrogens with zero attached hydrogens (tertiary/aromatic N) is 2. The highest BCUT2D eigenvalue weighted by Crippen LogP contribution is 2.23. The smallest absolute Gasteiger partial charge is 0.277 e. The average Bonchev–Trinajstić information content (AvgIpc) is 3.16. The molecule has 0 radical (unpaired) electrons. The van der Waals surface area contributed by atoms with Crippen LogP contribution in [0, 0.1) is 0 Å². The summed E-state index contributed by atoms with van der Waals surface area (Å²) in [6, 6.07) is 17.5. The first kappa shape index (κ1) is 18.2. The quantitative estimate of drug-likeness (QED) is 0.596. The van der Waals surface area contributed by atoms with E-state index in [4.69, 9.17) is 4.42 Å². The Labute approximate surface area is 157 Å². The van der Waals surface area contributed by atoms with Crippen molar-refractivity contribution in [1.29, 1.82) is 0 Å². The van der Waals surface area contributed by atoms with Crippen LogP contribution in [0.2, 0.25) is 0 Å². The molecule has 1 aromatic heterocycles. The lowest BCUT2D eigenvalue weighted by molar-refractivity contribution is -0.113. The van der Waals surface area contributed by atoms with E-state index in [-0.39, 0.29) is 11.7 Å². The van der Waals surface area contributed by atoms with E-state index in [9.17, 15) is 4.79 Å². The fourth-order valence-electron chi connectivity index (χ4n) is 2.42. The Morgan fingerprint density at radius 2 is 1.85 bits per heavy atom. The molecule has 1 amide bonds. The van der Waals surface area contributed by atoms with E-state index in [0.717, 1.165) is 17.7 Å². The highest BCUT2D eigenvalue weighted by atomic mass is 32.2. The minimum atomic E-state index is -0.106. The first-order valence-corrected chi connectivity index (χ1v) is 9.55. The zero-order chi connectivity index (χ0) is 18.4. The van der Waals surface area contributed by atoms with Crippen molar-refractivity contribution in [2.75, 3.05) is 11.1 Å². The maximum atomic E-state index is 12.1. The molecular weight excluding hydrogens is 346 g/mol. The number of hydrogen-bond donors (Lipinski definition) is 1. The molecule has 0 saturated heterocycles. The van der Waals surface area contributed by atoms with Crippen molar-refractivity contribution in [3.05, 3.63) is 60.2 Å². The third-order valence-corrected chi connectivity index (χ3v) is 4.95. The van der Waals surface area contributed by atoms with Crippen LogP contribution in [0.1, 0.15) is 31.7 Å². The number of anilines is 1. The molecule has 0 saturated carbocycles. The molecule has 0 bridgehead atoms. The molecule has 0 aliphatic heterocycles. The number of nitrogens with one attached hydrogen (secondary N) is 1. The fourth-order valence-corrected chi connectivity index (χ4v) is 2.98. The van der Waals surface area contributed by atoms with Gasteiger partial charge in [0.05, 0.1) is 5.75 Å². The monoisotopic (exact) mass is 367 g/mol. The molecule has 0 aliphatic rings. The highest BCUT2D eigenvalue weighted by Gasteiger charge is 2.11. The minimum Gasteiger partial charge on any atom is -0.411 e. The summed E-state index contributed by atoms with van der Waals surface area (Å²) in [7, 11) is 0. The second kappa shape index (κ2) is 8.67. The van der Waals surface area contributed by atoms with Gasteiger partial charge < -0.3 is 9.73 Å². The molecule has 0 aliphatic carbocycles. The molecule has 3 rings (SSSR count). The molecule has 1 heterocycles. The van der Waals surface area contributed by atoms with Gasteiger partial charge in [-0.2, -0.15) is 0 Å². The lowest BCUT2D eigenvalue weighted by atomic mass is 9.99. The van der Waals surface area contributed by atoms with Crippen molar-refractivity contribution in [3.8, 4) is 11.5 Å². The molecule has 26 heavy (non-hydrogen) atoms. The van der Waals surface area contributed by atoms with Crippen LogP contribution in [0.4, 0.5) is 5.69 Å². The van der Waals surface area contributed by atoms with Crippen LogP contribution < -0.4 is 5.32 Å². The number of carbonyl (C=O) groups is 1. The predicted octanol–water partition coefficient (Wildman–Crippen LogP) is 4.98. The van der Waals surface area contributed by atoms with Gasteiger partial charge in [0.1, 0.15) is 0 Å². The van der Waals surface area contributed by atoms with Crippen LogP contribution in [-0.2, 0) is 4.79 Å². The number of benzene rings is 2. The van der Waals surface area contributed by atoms with Gasteiger partial charge in [0.15, 0.2) is 0 Å². The van der Waals surface area contributed by atoms with E-state index in [1.165, 1.54) is 17.3 Å². The Balaban J connectivity index is 1.52. The first-order valence-electron chi connectivity index (χ1n) is 8.57. The summed E-state index contributed by atoms with van der Waals surface area (Å²) in [5.41, 5.74) is 2.93. The van der Waals surface area contributed by atoms with Gasteiger partial charge >= 0.3 is 0 Å². The molecule has 3 aromatic rings. The third kappa shape index (κ3) is 4.73. The molecule has 6 heteroatoms. The number of hydrogen-bond acceptors (Lipinski definition) is 5. The normalized spacial score (nSPS) is 11.9. The van der Waals surface area contributed by atoms with Crippen LogP contribution in [0.25, 0.3) is 11.5 Å². The van der Waals surface area contributed by atoms with Crippen LogP contribution in [0.15, 0.2) is 64.2 Å². The van der Waals surface area contributed by atoms with Gasteiger partial charge in [-0.25, -0.2) is 0 Å². The van der Waals surface area contributed by atoms with Gasteiger partial charge in [0, 0.05) is 11.3 Å². The topological polar surface area (TPSA) is 68.0 Å². The summed E-state index contributed by atoms with van der Waals surface area (Å²) in [5.74, 6) is 1.08. The summed E-state index contributed by atoms with van der Waals surface area (Å²) in [5, 5.41) is 11.3. The zero-order valence-corrected chi connectivity index (χ0v) is 15.6. The van der Waals surface area contributed by atoms with E-state index in [2.05, 4.69) is 41.5 Å². The van der Waals surface area contributed by atoms with Gasteiger partial charge in [-0.1, -0.05) is 55.9 Å². The molecule has 1 N–H and O–H groups in total. The zero-order valence-electron chi connectivity index (χ0n) is 14.8. The summed E-state index contributed by atoms with van der Waals surface area (Å²) < 4.78 is 5.59. The van der Waals surface area contributed by atoms with Crippen molar-refractivity contribution < 1.29 is 9.21 Å². The number of aromatic nitrogens is 2. The van der Waals surface area contributed by atoms with Crippen molar-refractivity contribution in [2.24, 2.45) is 0 Å². The Hall–Kier alpha value is -2.60. The summed E-state index contributed by atoms with van der Waals surface area (Å²) in [4.78, 5) is 12.1. The lowest BCUT2D eigenvalue weighted by Gasteiger charge is -2.10. The minimum absolute atomic E-state index is 0.106. The van der Waals surface area contributed by atoms with Crippen molar-refractivity contribution in [2.45, 2.75) is 31.4 Å². The van der Waals surface area contributed by atoms with E-state index in [0.29, 0.717) is 17.0 Å².